The zero-order chi connectivity index (χ0) is 18.4. The van der Waals surface area contributed by atoms with Crippen molar-refractivity contribution in [2.75, 3.05) is 13.1 Å². The van der Waals surface area contributed by atoms with Gasteiger partial charge in [0.2, 0.25) is 5.91 Å². The van der Waals surface area contributed by atoms with Crippen LogP contribution in [0.25, 0.3) is 0 Å². The zero-order valence-corrected chi connectivity index (χ0v) is 16.6. The van der Waals surface area contributed by atoms with Crippen LogP contribution >= 0.6 is 15.9 Å². The van der Waals surface area contributed by atoms with Crippen molar-refractivity contribution in [2.24, 2.45) is 11.0 Å². The lowest BCUT2D eigenvalue weighted by atomic mass is 9.96. The fraction of sp³-hybridized carbons (Fsp3) is 0.333. The average molecular weight is 415 g/mol. The number of nitrogens with one attached hydrogen (secondary N) is 2. The standard InChI is InChI=1S/C21H24BrN3O/c1-16-4-2-3-5-19(16)14-23-24-21(26)18-10-12-25(13-11-18)15-17-6-8-20(22)9-7-17/h2-9,14,18H,10-13,15H2,1H3,(H,24,26)/p+1/b23-14-. The number of carbonyl (C=O) groups excluding carboxylic acids is 1. The molecule has 0 radical (unpaired) electrons. The molecule has 3 rings (SSSR count). The van der Waals surface area contributed by atoms with Gasteiger partial charge < -0.3 is 4.90 Å². The number of likely N-dealkylation sites (tertiary alicyclic amines) is 1. The predicted octanol–water partition coefficient (Wildman–Crippen LogP) is 2.70. The molecule has 2 aromatic rings. The second-order valence-corrected chi connectivity index (χ2v) is 7.83. The molecule has 0 saturated carbocycles. The molecule has 0 spiro atoms. The number of hydrogen-bond donors (Lipinski definition) is 2. The summed E-state index contributed by atoms with van der Waals surface area (Å²) in [6.45, 7) is 5.10. The Morgan fingerprint density at radius 2 is 1.88 bits per heavy atom. The monoisotopic (exact) mass is 414 g/mol. The van der Waals surface area contributed by atoms with Gasteiger partial charge in [0.25, 0.3) is 0 Å². The summed E-state index contributed by atoms with van der Waals surface area (Å²) in [5.74, 6) is 0.107. The molecule has 0 bridgehead atoms. The Bertz CT molecular complexity index is 765. The van der Waals surface area contributed by atoms with Gasteiger partial charge in [0, 0.05) is 22.9 Å². The molecule has 1 heterocycles. The molecule has 26 heavy (non-hydrogen) atoms. The predicted molar refractivity (Wildman–Crippen MR) is 108 cm³/mol. The first-order chi connectivity index (χ1) is 12.6. The molecule has 5 heteroatoms. The Balaban J connectivity index is 1.44. The van der Waals surface area contributed by atoms with Crippen molar-refractivity contribution >= 4 is 28.1 Å². The third-order valence-electron chi connectivity index (χ3n) is 5.00. The molecule has 0 aromatic heterocycles. The molecule has 1 fully saturated rings. The normalized spacial score (nSPS) is 20.2. The Morgan fingerprint density at radius 3 is 2.58 bits per heavy atom. The second kappa shape index (κ2) is 9.10. The number of hydrogen-bond acceptors (Lipinski definition) is 2. The van der Waals surface area contributed by atoms with Crippen LogP contribution < -0.4 is 10.3 Å². The maximum absolute atomic E-state index is 12.3. The van der Waals surface area contributed by atoms with E-state index in [1.807, 2.05) is 31.2 Å². The molecule has 0 atom stereocenters. The largest absolute Gasteiger partial charge is 0.331 e. The molecule has 2 N–H and O–H groups in total. The van der Waals surface area contributed by atoms with E-state index in [2.05, 4.69) is 50.7 Å². The van der Waals surface area contributed by atoms with E-state index in [0.717, 1.165) is 48.1 Å². The minimum absolute atomic E-state index is 0.0394. The van der Waals surface area contributed by atoms with Gasteiger partial charge in [-0.3, -0.25) is 4.79 Å². The molecule has 1 saturated heterocycles. The summed E-state index contributed by atoms with van der Waals surface area (Å²) in [6, 6.07) is 16.5. The van der Waals surface area contributed by atoms with Crippen molar-refractivity contribution < 1.29 is 9.69 Å². The van der Waals surface area contributed by atoms with Crippen LogP contribution in [0.4, 0.5) is 0 Å². The molecule has 4 nitrogen and oxygen atoms in total. The number of amides is 1. The van der Waals surface area contributed by atoms with E-state index < -0.39 is 0 Å². The van der Waals surface area contributed by atoms with E-state index in [4.69, 9.17) is 0 Å². The quantitative estimate of drug-likeness (QED) is 0.573. The van der Waals surface area contributed by atoms with Crippen LogP contribution in [0, 0.1) is 12.8 Å². The summed E-state index contributed by atoms with van der Waals surface area (Å²) in [7, 11) is 0. The highest BCUT2D eigenvalue weighted by atomic mass is 79.9. The topological polar surface area (TPSA) is 45.9 Å². The van der Waals surface area contributed by atoms with Crippen LogP contribution in [-0.2, 0) is 11.3 Å². The van der Waals surface area contributed by atoms with Crippen molar-refractivity contribution in [2.45, 2.75) is 26.3 Å². The number of carbonyl (C=O) groups is 1. The lowest BCUT2D eigenvalue weighted by molar-refractivity contribution is -0.919. The highest BCUT2D eigenvalue weighted by molar-refractivity contribution is 9.10. The molecule has 0 unspecified atom stereocenters. The first kappa shape index (κ1) is 18.8. The second-order valence-electron chi connectivity index (χ2n) is 6.92. The molecule has 1 aliphatic rings. The maximum Gasteiger partial charge on any atom is 0.243 e. The van der Waals surface area contributed by atoms with Crippen molar-refractivity contribution in [3.05, 3.63) is 69.7 Å². The van der Waals surface area contributed by atoms with Gasteiger partial charge >= 0.3 is 0 Å². The summed E-state index contributed by atoms with van der Waals surface area (Å²) in [6.07, 6.45) is 3.55. The van der Waals surface area contributed by atoms with Crippen LogP contribution in [0.1, 0.15) is 29.5 Å². The third-order valence-corrected chi connectivity index (χ3v) is 5.53. The smallest absolute Gasteiger partial charge is 0.243 e. The first-order valence-corrected chi connectivity index (χ1v) is 9.87. The van der Waals surface area contributed by atoms with Crippen LogP contribution in [0.15, 0.2) is 58.1 Å². The van der Waals surface area contributed by atoms with E-state index in [-0.39, 0.29) is 11.8 Å². The zero-order valence-electron chi connectivity index (χ0n) is 15.0. The SMILES string of the molecule is Cc1ccccc1/C=N\NC(=O)C1CC[NH+](Cc2ccc(Br)cc2)CC1. The molecule has 136 valence electrons. The molecule has 1 aliphatic heterocycles. The molecular formula is C21H25BrN3O+. The van der Waals surface area contributed by atoms with E-state index in [1.54, 1.807) is 11.1 Å². The number of quaternary nitrogens is 1. The third kappa shape index (κ3) is 5.26. The van der Waals surface area contributed by atoms with Gasteiger partial charge in [-0.15, -0.1) is 0 Å². The molecule has 1 amide bonds. The fourth-order valence-electron chi connectivity index (χ4n) is 3.34. The summed E-state index contributed by atoms with van der Waals surface area (Å²) in [5.41, 5.74) is 6.23. The number of nitrogens with zero attached hydrogens (tertiary/aromatic N) is 1. The van der Waals surface area contributed by atoms with E-state index in [1.165, 1.54) is 5.56 Å². The molecular weight excluding hydrogens is 390 g/mol. The molecule has 0 aliphatic carbocycles. The number of rotatable bonds is 5. The molecule has 2 aromatic carbocycles. The first-order valence-electron chi connectivity index (χ1n) is 9.08. The van der Waals surface area contributed by atoms with Crippen LogP contribution in [-0.4, -0.2) is 25.2 Å². The summed E-state index contributed by atoms with van der Waals surface area (Å²) >= 11 is 3.47. The Morgan fingerprint density at radius 1 is 1.19 bits per heavy atom. The van der Waals surface area contributed by atoms with Gasteiger partial charge in [-0.1, -0.05) is 52.3 Å². The van der Waals surface area contributed by atoms with Crippen molar-refractivity contribution in [3.63, 3.8) is 0 Å². The van der Waals surface area contributed by atoms with E-state index in [9.17, 15) is 4.79 Å². The van der Waals surface area contributed by atoms with Crippen LogP contribution in [0.2, 0.25) is 0 Å². The minimum Gasteiger partial charge on any atom is -0.331 e. The van der Waals surface area contributed by atoms with Gasteiger partial charge in [-0.2, -0.15) is 5.10 Å². The maximum atomic E-state index is 12.3. The van der Waals surface area contributed by atoms with Crippen LogP contribution in [0.5, 0.6) is 0 Å². The van der Waals surface area contributed by atoms with E-state index >= 15 is 0 Å². The average Bonchev–Trinajstić information content (AvgIpc) is 2.66. The summed E-state index contributed by atoms with van der Waals surface area (Å²) in [4.78, 5) is 13.9. The Hall–Kier alpha value is -1.98. The summed E-state index contributed by atoms with van der Waals surface area (Å²) in [5, 5.41) is 4.14. The minimum atomic E-state index is 0.0394. The van der Waals surface area contributed by atoms with Gasteiger partial charge in [-0.25, -0.2) is 5.43 Å². The van der Waals surface area contributed by atoms with Crippen molar-refractivity contribution in [1.82, 2.24) is 5.43 Å². The number of halogens is 1. The van der Waals surface area contributed by atoms with Gasteiger partial charge in [0.05, 0.1) is 25.2 Å². The summed E-state index contributed by atoms with van der Waals surface area (Å²) < 4.78 is 1.11. The highest BCUT2D eigenvalue weighted by Gasteiger charge is 2.27. The van der Waals surface area contributed by atoms with Crippen molar-refractivity contribution in [3.8, 4) is 0 Å². The fourth-order valence-corrected chi connectivity index (χ4v) is 3.61. The Kier molecular flexibility index (Phi) is 6.58. The number of aryl methyl sites for hydroxylation is 1. The lowest BCUT2D eigenvalue weighted by Crippen LogP contribution is -3.11. The van der Waals surface area contributed by atoms with Gasteiger partial charge in [0.1, 0.15) is 6.54 Å². The lowest BCUT2D eigenvalue weighted by Gasteiger charge is -2.28. The highest BCUT2D eigenvalue weighted by Crippen LogP contribution is 2.12. The van der Waals surface area contributed by atoms with Crippen LogP contribution in [0.3, 0.4) is 0 Å². The van der Waals surface area contributed by atoms with Gasteiger partial charge in [0.15, 0.2) is 0 Å². The number of benzene rings is 2. The Labute approximate surface area is 163 Å². The van der Waals surface area contributed by atoms with E-state index in [0.29, 0.717) is 0 Å². The van der Waals surface area contributed by atoms with Crippen molar-refractivity contribution in [1.29, 1.82) is 0 Å². The van der Waals surface area contributed by atoms with Gasteiger partial charge in [-0.05, 0) is 30.2 Å². The number of hydrazone groups is 1. The number of piperidine rings is 1.